The van der Waals surface area contributed by atoms with Crippen molar-refractivity contribution in [3.63, 3.8) is 0 Å². The summed E-state index contributed by atoms with van der Waals surface area (Å²) in [6.45, 7) is 11.2. The maximum atomic E-state index is 14.5. The maximum absolute atomic E-state index is 14.5. The quantitative estimate of drug-likeness (QED) is 0.0424. The summed E-state index contributed by atoms with van der Waals surface area (Å²) in [5.41, 5.74) is 6.51. The number of nitrogens with one attached hydrogen (secondary N) is 6. The smallest absolute Gasteiger partial charge is 0.305 e. The summed E-state index contributed by atoms with van der Waals surface area (Å²) in [6.07, 6.45) is 1.32. The molecule has 67 heavy (non-hydrogen) atoms. The standard InChI is InChI=1S/C48H71N7O12/c1-9-10-21-33(40(59)42(49)60)51-43(61)34(24-29(2)3)53-47(65)41(48(5,6)7)55-44(62)35(25-32-20-15-14-17-30(32)4)52-46(64)37(28-67-27-31-18-12-11-13-19-31)54-45(63)36(26-56)50-38(57)22-16-23-39(58)66-8/h11-15,17-20,29,33-37,41,56H,9-10,16,21-28H2,1-8H3,(H2,49,60)(H,50,57)(H,51,61)(H,52,64)(H,53,65)(H,54,63)(H,55,62)/t33-,34-,35-,36-,37+,41+/m0/s1. The van der Waals surface area contributed by atoms with Crippen molar-refractivity contribution in [3.8, 4) is 0 Å². The van der Waals surface area contributed by atoms with E-state index in [9.17, 15) is 48.3 Å². The number of esters is 1. The fourth-order valence-corrected chi connectivity index (χ4v) is 6.82. The number of primary amides is 1. The highest BCUT2D eigenvalue weighted by Gasteiger charge is 2.38. The van der Waals surface area contributed by atoms with Crippen LogP contribution in [0, 0.1) is 18.3 Å². The third-order valence-corrected chi connectivity index (χ3v) is 10.7. The number of carbonyl (C=O) groups excluding carboxylic acids is 9. The lowest BCUT2D eigenvalue weighted by atomic mass is 9.85. The summed E-state index contributed by atoms with van der Waals surface area (Å²) >= 11 is 0. The summed E-state index contributed by atoms with van der Waals surface area (Å²) in [5, 5.41) is 25.8. The molecule has 0 saturated carbocycles. The zero-order valence-electron chi connectivity index (χ0n) is 40.0. The lowest BCUT2D eigenvalue weighted by Crippen LogP contribution is -2.62. The Hall–Kier alpha value is -6.21. The number of ether oxygens (including phenoxy) is 2. The van der Waals surface area contributed by atoms with Gasteiger partial charge in [-0.05, 0) is 54.2 Å². The molecule has 9 N–H and O–H groups in total. The predicted molar refractivity (Wildman–Crippen MR) is 248 cm³/mol. The molecule has 6 atom stereocenters. The lowest BCUT2D eigenvalue weighted by molar-refractivity contribution is -0.141. The zero-order valence-corrected chi connectivity index (χ0v) is 40.0. The Morgan fingerprint density at radius 3 is 1.84 bits per heavy atom. The number of hydrogen-bond acceptors (Lipinski definition) is 12. The van der Waals surface area contributed by atoms with Crippen molar-refractivity contribution < 1.29 is 57.7 Å². The van der Waals surface area contributed by atoms with Gasteiger partial charge in [-0.25, -0.2) is 0 Å². The van der Waals surface area contributed by atoms with Crippen molar-refractivity contribution >= 4 is 53.1 Å². The Morgan fingerprint density at radius 1 is 0.687 bits per heavy atom. The van der Waals surface area contributed by atoms with Crippen LogP contribution < -0.4 is 37.6 Å². The van der Waals surface area contributed by atoms with E-state index in [0.717, 1.165) is 11.1 Å². The van der Waals surface area contributed by atoms with Crippen LogP contribution in [0.15, 0.2) is 54.6 Å². The molecule has 2 aromatic rings. The minimum absolute atomic E-state index is 0.0347. The molecule has 0 spiro atoms. The van der Waals surface area contributed by atoms with E-state index in [1.54, 1.807) is 63.2 Å². The monoisotopic (exact) mass is 938 g/mol. The second-order valence-electron chi connectivity index (χ2n) is 17.9. The molecule has 0 saturated heterocycles. The molecule has 19 nitrogen and oxygen atoms in total. The minimum Gasteiger partial charge on any atom is -0.469 e. The van der Waals surface area contributed by atoms with Crippen molar-refractivity contribution in [2.75, 3.05) is 20.3 Å². The maximum Gasteiger partial charge on any atom is 0.305 e. The average Bonchev–Trinajstić information content (AvgIpc) is 3.27. The topological polar surface area (TPSA) is 291 Å². The number of Topliss-reactive ketones (excluding diaryl/α,β-unsaturated/α-hetero) is 1. The molecule has 0 radical (unpaired) electrons. The summed E-state index contributed by atoms with van der Waals surface area (Å²) in [7, 11) is 1.21. The SMILES string of the molecule is CCCC[C@H](NC(=O)[C@H](CC(C)C)NC(=O)[C@@H](NC(=O)[C@H](Cc1ccccc1C)NC(=O)[C@@H](COCc1ccccc1)NC(=O)[C@H](CO)NC(=O)CCCC(=O)OC)C(C)(C)C)C(=O)C(N)=O. The van der Waals surface area contributed by atoms with Crippen molar-refractivity contribution in [1.82, 2.24) is 31.9 Å². The molecule has 0 aromatic heterocycles. The zero-order chi connectivity index (χ0) is 50.3. The van der Waals surface area contributed by atoms with Gasteiger partial charge < -0.3 is 52.2 Å². The number of benzene rings is 2. The molecule has 7 amide bonds. The predicted octanol–water partition coefficient (Wildman–Crippen LogP) is 1.34. The first-order valence-corrected chi connectivity index (χ1v) is 22.6. The van der Waals surface area contributed by atoms with Crippen LogP contribution in [-0.2, 0) is 65.7 Å². The molecule has 2 rings (SSSR count). The van der Waals surface area contributed by atoms with Crippen LogP contribution >= 0.6 is 0 Å². The first-order chi connectivity index (χ1) is 31.6. The van der Waals surface area contributed by atoms with Crippen LogP contribution in [0.5, 0.6) is 0 Å². The normalized spacial score (nSPS) is 13.9. The average molecular weight is 938 g/mol. The molecule has 0 bridgehead atoms. The second kappa shape index (κ2) is 28.7. The van der Waals surface area contributed by atoms with Crippen molar-refractivity contribution in [1.29, 1.82) is 0 Å². The summed E-state index contributed by atoms with van der Waals surface area (Å²) in [4.78, 5) is 119. The Morgan fingerprint density at radius 2 is 1.25 bits per heavy atom. The number of methoxy groups -OCH3 is 1. The van der Waals surface area contributed by atoms with Crippen molar-refractivity contribution in [2.24, 2.45) is 17.1 Å². The number of unbranched alkanes of at least 4 members (excludes halogenated alkanes) is 1. The number of aliphatic hydroxyl groups excluding tert-OH is 1. The number of nitrogens with two attached hydrogens (primary N) is 1. The number of amides is 7. The van der Waals surface area contributed by atoms with Crippen molar-refractivity contribution in [2.45, 2.75) is 143 Å². The third kappa shape index (κ3) is 20.5. The fourth-order valence-electron chi connectivity index (χ4n) is 6.82. The van der Waals surface area contributed by atoms with E-state index in [4.69, 9.17) is 10.5 Å². The molecule has 0 aliphatic heterocycles. The van der Waals surface area contributed by atoms with Gasteiger partial charge in [-0.3, -0.25) is 43.2 Å². The van der Waals surface area contributed by atoms with E-state index in [1.165, 1.54) is 7.11 Å². The van der Waals surface area contributed by atoms with Gasteiger partial charge in [0.05, 0.1) is 33.0 Å². The Kier molecular flexibility index (Phi) is 24.4. The Balaban J connectivity index is 2.47. The van der Waals surface area contributed by atoms with Crippen molar-refractivity contribution in [3.05, 3.63) is 71.3 Å². The first-order valence-electron chi connectivity index (χ1n) is 22.6. The lowest BCUT2D eigenvalue weighted by Gasteiger charge is -2.34. The van der Waals surface area contributed by atoms with Gasteiger partial charge in [-0.15, -0.1) is 0 Å². The summed E-state index contributed by atoms with van der Waals surface area (Å²) in [6, 6.07) is 8.11. The van der Waals surface area contributed by atoms with Crippen LogP contribution in [0.3, 0.4) is 0 Å². The number of ketones is 1. The van der Waals surface area contributed by atoms with Crippen LogP contribution in [0.25, 0.3) is 0 Å². The van der Waals surface area contributed by atoms with Gasteiger partial charge in [-0.2, -0.15) is 0 Å². The van der Waals surface area contributed by atoms with E-state index < -0.39 is 108 Å². The third-order valence-electron chi connectivity index (χ3n) is 10.7. The fraction of sp³-hybridized carbons (Fsp3) is 0.562. The molecular formula is C48H71N7O12. The van der Waals surface area contributed by atoms with Gasteiger partial charge in [0.25, 0.3) is 5.91 Å². The summed E-state index contributed by atoms with van der Waals surface area (Å²) in [5.74, 6) is -7.51. The molecule has 0 unspecified atom stereocenters. The van der Waals surface area contributed by atoms with Gasteiger partial charge in [0.2, 0.25) is 41.2 Å². The summed E-state index contributed by atoms with van der Waals surface area (Å²) < 4.78 is 10.4. The Bertz CT molecular complexity index is 1990. The van der Waals surface area contributed by atoms with Gasteiger partial charge in [0.15, 0.2) is 0 Å². The number of hydrogen-bond donors (Lipinski definition) is 8. The van der Waals surface area contributed by atoms with Gasteiger partial charge in [0.1, 0.15) is 30.2 Å². The van der Waals surface area contributed by atoms with Gasteiger partial charge in [0, 0.05) is 19.3 Å². The molecule has 2 aromatic carbocycles. The van der Waals surface area contributed by atoms with Crippen LogP contribution in [0.2, 0.25) is 0 Å². The van der Waals surface area contributed by atoms with E-state index in [-0.39, 0.29) is 51.0 Å². The molecule has 19 heteroatoms. The number of rotatable bonds is 29. The highest BCUT2D eigenvalue weighted by atomic mass is 16.5. The number of carbonyl (C=O) groups is 9. The number of aryl methyl sites for hydroxylation is 1. The van der Waals surface area contributed by atoms with Gasteiger partial charge in [-0.1, -0.05) is 109 Å². The van der Waals surface area contributed by atoms with E-state index >= 15 is 0 Å². The molecule has 370 valence electrons. The van der Waals surface area contributed by atoms with E-state index in [2.05, 4.69) is 36.6 Å². The highest BCUT2D eigenvalue weighted by molar-refractivity contribution is 6.37. The van der Waals surface area contributed by atoms with Crippen LogP contribution in [0.4, 0.5) is 0 Å². The van der Waals surface area contributed by atoms with Crippen LogP contribution in [-0.4, -0.2) is 115 Å². The first kappa shape index (κ1) is 56.9. The molecule has 0 aliphatic carbocycles. The van der Waals surface area contributed by atoms with Crippen LogP contribution in [0.1, 0.15) is 103 Å². The van der Waals surface area contributed by atoms with E-state index in [1.807, 2.05) is 39.8 Å². The molecule has 0 aliphatic rings. The molecule has 0 heterocycles. The number of aliphatic hydroxyl groups is 1. The highest BCUT2D eigenvalue weighted by Crippen LogP contribution is 2.21. The van der Waals surface area contributed by atoms with Gasteiger partial charge >= 0.3 is 5.97 Å². The molecular weight excluding hydrogens is 867 g/mol. The second-order valence-corrected chi connectivity index (χ2v) is 17.9. The minimum atomic E-state index is -1.50. The Labute approximate surface area is 393 Å². The van der Waals surface area contributed by atoms with E-state index in [0.29, 0.717) is 18.4 Å². The largest absolute Gasteiger partial charge is 0.469 e. The molecule has 0 fully saturated rings.